The minimum atomic E-state index is -4.56. The molecule has 3 heterocycles. The SMILES string of the molecule is O=C(N1CC(c2ncn[nH]2)C1)N1CC2(CC(Cc3ccc(F)cc3C(F)(F)F)C2)C1. The largest absolute Gasteiger partial charge is 0.416 e. The lowest BCUT2D eigenvalue weighted by molar-refractivity contribution is -0.138. The van der Waals surface area contributed by atoms with Crippen molar-refractivity contribution in [3.63, 3.8) is 0 Å². The van der Waals surface area contributed by atoms with Gasteiger partial charge in [-0.3, -0.25) is 5.10 Å². The van der Waals surface area contributed by atoms with Crippen molar-refractivity contribution in [1.82, 2.24) is 25.0 Å². The summed E-state index contributed by atoms with van der Waals surface area (Å²) in [5, 5.41) is 6.65. The van der Waals surface area contributed by atoms with E-state index in [4.69, 9.17) is 0 Å². The van der Waals surface area contributed by atoms with Crippen LogP contribution in [0.4, 0.5) is 22.4 Å². The van der Waals surface area contributed by atoms with Gasteiger partial charge in [-0.05, 0) is 42.9 Å². The second-order valence-corrected chi connectivity index (χ2v) is 8.89. The predicted octanol–water partition coefficient (Wildman–Crippen LogP) is 3.44. The highest BCUT2D eigenvalue weighted by atomic mass is 19.4. The molecule has 2 aromatic rings. The number of carbonyl (C=O) groups excluding carboxylic acids is 1. The molecule has 5 rings (SSSR count). The number of H-pyrrole nitrogens is 1. The van der Waals surface area contributed by atoms with Crippen LogP contribution in [0.1, 0.15) is 35.7 Å². The number of aromatic amines is 1. The number of carbonyl (C=O) groups is 1. The number of hydrogen-bond donors (Lipinski definition) is 1. The van der Waals surface area contributed by atoms with Crippen LogP contribution in [0.5, 0.6) is 0 Å². The maximum Gasteiger partial charge on any atom is 0.416 e. The maximum atomic E-state index is 13.3. The van der Waals surface area contributed by atoms with E-state index in [1.807, 2.05) is 4.90 Å². The molecule has 10 heteroatoms. The van der Waals surface area contributed by atoms with Crippen LogP contribution >= 0.6 is 0 Å². The van der Waals surface area contributed by atoms with E-state index in [0.29, 0.717) is 32.2 Å². The quantitative estimate of drug-likeness (QED) is 0.770. The van der Waals surface area contributed by atoms with Crippen molar-refractivity contribution >= 4 is 6.03 Å². The Hall–Kier alpha value is -2.65. The first-order valence-electron chi connectivity index (χ1n) is 9.97. The maximum absolute atomic E-state index is 13.3. The van der Waals surface area contributed by atoms with Crippen molar-refractivity contribution in [2.75, 3.05) is 26.2 Å². The molecule has 0 atom stereocenters. The molecule has 1 saturated carbocycles. The molecule has 1 aromatic heterocycles. The van der Waals surface area contributed by atoms with Crippen molar-refractivity contribution < 1.29 is 22.4 Å². The predicted molar refractivity (Wildman–Crippen MR) is 97.9 cm³/mol. The van der Waals surface area contributed by atoms with E-state index in [0.717, 1.165) is 24.7 Å². The fraction of sp³-hybridized carbons (Fsp3) is 0.550. The summed E-state index contributed by atoms with van der Waals surface area (Å²) in [6.07, 6.45) is -1.22. The lowest BCUT2D eigenvalue weighted by atomic mass is 9.56. The average Bonchev–Trinajstić information content (AvgIpc) is 3.08. The number of benzene rings is 1. The number of nitrogens with one attached hydrogen (secondary N) is 1. The first kappa shape index (κ1) is 19.3. The van der Waals surface area contributed by atoms with Gasteiger partial charge in [0, 0.05) is 31.6 Å². The van der Waals surface area contributed by atoms with Crippen molar-refractivity contribution in [2.45, 2.75) is 31.4 Å². The Morgan fingerprint density at radius 2 is 1.93 bits per heavy atom. The van der Waals surface area contributed by atoms with Gasteiger partial charge in [-0.2, -0.15) is 18.3 Å². The Balaban J connectivity index is 1.11. The Morgan fingerprint density at radius 1 is 1.20 bits per heavy atom. The Kier molecular flexibility index (Phi) is 4.30. The van der Waals surface area contributed by atoms with Gasteiger partial charge in [0.1, 0.15) is 18.0 Å². The zero-order valence-electron chi connectivity index (χ0n) is 16.1. The van der Waals surface area contributed by atoms with Gasteiger partial charge in [-0.25, -0.2) is 14.2 Å². The summed E-state index contributed by atoms with van der Waals surface area (Å²) in [7, 11) is 0. The Morgan fingerprint density at radius 3 is 2.57 bits per heavy atom. The fourth-order valence-corrected chi connectivity index (χ4v) is 5.19. The molecule has 0 unspecified atom stereocenters. The van der Waals surface area contributed by atoms with Gasteiger partial charge in [0.2, 0.25) is 0 Å². The molecule has 160 valence electrons. The normalized spacial score (nSPS) is 21.3. The number of halogens is 4. The Bertz CT molecular complexity index is 941. The van der Waals surface area contributed by atoms with E-state index in [1.165, 1.54) is 12.4 Å². The van der Waals surface area contributed by atoms with E-state index in [1.54, 1.807) is 4.90 Å². The summed E-state index contributed by atoms with van der Waals surface area (Å²) in [5.41, 5.74) is -0.698. The third kappa shape index (κ3) is 3.31. The highest BCUT2D eigenvalue weighted by Crippen LogP contribution is 2.53. The molecule has 0 radical (unpaired) electrons. The van der Waals surface area contributed by atoms with Crippen LogP contribution in [0.2, 0.25) is 0 Å². The summed E-state index contributed by atoms with van der Waals surface area (Å²) in [5.74, 6) is 0.243. The standard InChI is InChI=1S/C20H21F4N5O/c21-15-2-1-13(16(4-15)20(22,23)24)3-12-5-19(6-12)9-29(10-19)18(30)28-7-14(8-28)17-25-11-26-27-17/h1-2,4,11-12,14H,3,5-10H2,(H,25,26,27). The number of aromatic nitrogens is 3. The molecule has 3 fully saturated rings. The minimum absolute atomic E-state index is 0.0118. The second-order valence-electron chi connectivity index (χ2n) is 8.89. The van der Waals surface area contributed by atoms with Gasteiger partial charge >= 0.3 is 12.2 Å². The van der Waals surface area contributed by atoms with Crippen LogP contribution in [0, 0.1) is 17.2 Å². The van der Waals surface area contributed by atoms with E-state index in [2.05, 4.69) is 15.2 Å². The van der Waals surface area contributed by atoms with Gasteiger partial charge in [-0.1, -0.05) is 6.07 Å². The zero-order valence-corrected chi connectivity index (χ0v) is 16.1. The van der Waals surface area contributed by atoms with Crippen LogP contribution in [-0.2, 0) is 12.6 Å². The summed E-state index contributed by atoms with van der Waals surface area (Å²) >= 11 is 0. The topological polar surface area (TPSA) is 65.1 Å². The fourth-order valence-electron chi connectivity index (χ4n) is 5.19. The molecule has 30 heavy (non-hydrogen) atoms. The van der Waals surface area contributed by atoms with E-state index < -0.39 is 17.6 Å². The molecule has 3 aliphatic rings. The van der Waals surface area contributed by atoms with Gasteiger partial charge in [0.05, 0.1) is 11.5 Å². The Labute approximate surface area is 170 Å². The number of rotatable bonds is 3. The van der Waals surface area contributed by atoms with Crippen LogP contribution in [0.25, 0.3) is 0 Å². The van der Waals surface area contributed by atoms with Gasteiger partial charge in [-0.15, -0.1) is 0 Å². The van der Waals surface area contributed by atoms with Crippen LogP contribution in [0.15, 0.2) is 24.5 Å². The first-order chi connectivity index (χ1) is 14.2. The molecule has 2 saturated heterocycles. The molecule has 0 bridgehead atoms. The summed E-state index contributed by atoms with van der Waals surface area (Å²) < 4.78 is 52.8. The van der Waals surface area contributed by atoms with Crippen LogP contribution < -0.4 is 0 Å². The second kappa shape index (κ2) is 6.68. The highest BCUT2D eigenvalue weighted by molar-refractivity contribution is 5.76. The number of nitrogens with zero attached hydrogens (tertiary/aromatic N) is 4. The van der Waals surface area contributed by atoms with E-state index >= 15 is 0 Å². The summed E-state index contributed by atoms with van der Waals surface area (Å²) in [6, 6.07) is 2.92. The molecule has 2 amide bonds. The number of alkyl halides is 3. The molecule has 1 aromatic carbocycles. The van der Waals surface area contributed by atoms with Crippen molar-refractivity contribution in [3.05, 3.63) is 47.3 Å². The number of urea groups is 1. The van der Waals surface area contributed by atoms with Crippen molar-refractivity contribution in [2.24, 2.45) is 11.3 Å². The number of hydrogen-bond acceptors (Lipinski definition) is 3. The summed E-state index contributed by atoms with van der Waals surface area (Å²) in [4.78, 5) is 20.3. The lowest BCUT2D eigenvalue weighted by Gasteiger charge is -2.60. The van der Waals surface area contributed by atoms with Gasteiger partial charge in [0.25, 0.3) is 0 Å². The summed E-state index contributed by atoms with van der Waals surface area (Å²) in [6.45, 7) is 2.54. The third-order valence-corrected chi connectivity index (χ3v) is 6.62. The lowest BCUT2D eigenvalue weighted by Crippen LogP contribution is -2.67. The molecule has 6 nitrogen and oxygen atoms in total. The van der Waals surface area contributed by atoms with Crippen molar-refractivity contribution in [3.8, 4) is 0 Å². The highest BCUT2D eigenvalue weighted by Gasteiger charge is 2.54. The molecule has 1 N–H and O–H groups in total. The van der Waals surface area contributed by atoms with E-state index in [9.17, 15) is 22.4 Å². The molecular weight excluding hydrogens is 402 g/mol. The van der Waals surface area contributed by atoms with E-state index in [-0.39, 0.29) is 35.3 Å². The van der Waals surface area contributed by atoms with Crippen LogP contribution in [0.3, 0.4) is 0 Å². The minimum Gasteiger partial charge on any atom is -0.323 e. The molecule has 2 aliphatic heterocycles. The van der Waals surface area contributed by atoms with Gasteiger partial charge < -0.3 is 9.80 Å². The molecule has 1 spiro atoms. The van der Waals surface area contributed by atoms with Crippen molar-refractivity contribution in [1.29, 1.82) is 0 Å². The zero-order chi connectivity index (χ0) is 21.1. The smallest absolute Gasteiger partial charge is 0.323 e. The number of likely N-dealkylation sites (tertiary alicyclic amines) is 2. The monoisotopic (exact) mass is 423 g/mol. The first-order valence-corrected chi connectivity index (χ1v) is 9.97. The van der Waals surface area contributed by atoms with Gasteiger partial charge in [0.15, 0.2) is 0 Å². The molecule has 1 aliphatic carbocycles. The molecular formula is C20H21F4N5O. The number of amides is 2. The van der Waals surface area contributed by atoms with Crippen LogP contribution in [-0.4, -0.2) is 57.2 Å². The average molecular weight is 423 g/mol. The third-order valence-electron chi connectivity index (χ3n) is 6.62.